The zero-order valence-corrected chi connectivity index (χ0v) is 13.8. The van der Waals surface area contributed by atoms with Gasteiger partial charge in [-0.3, -0.25) is 4.79 Å². The zero-order valence-electron chi connectivity index (χ0n) is 13.8. The molecule has 0 saturated carbocycles. The van der Waals surface area contributed by atoms with Crippen molar-refractivity contribution >= 4 is 16.8 Å². The van der Waals surface area contributed by atoms with Crippen LogP contribution in [0.15, 0.2) is 54.6 Å². The Bertz CT molecular complexity index is 826. The molecule has 1 heterocycles. The van der Waals surface area contributed by atoms with Gasteiger partial charge in [-0.05, 0) is 34.7 Å². The summed E-state index contributed by atoms with van der Waals surface area (Å²) in [7, 11) is 0. The van der Waals surface area contributed by atoms with E-state index >= 15 is 0 Å². The van der Waals surface area contributed by atoms with Crippen molar-refractivity contribution < 1.29 is 4.79 Å². The molecule has 2 aromatic carbocycles. The molecule has 0 spiro atoms. The average molecular weight is 306 g/mol. The lowest BCUT2D eigenvalue weighted by Gasteiger charge is -2.18. The third-order valence-electron chi connectivity index (χ3n) is 4.03. The molecule has 0 aliphatic rings. The fourth-order valence-electron chi connectivity index (χ4n) is 2.59. The average Bonchev–Trinajstić information content (AvgIpc) is 2.96. The zero-order chi connectivity index (χ0) is 16.4. The number of fused-ring (bicyclic) bond motifs is 1. The van der Waals surface area contributed by atoms with Crippen LogP contribution in [0, 0.1) is 0 Å². The lowest BCUT2D eigenvalue weighted by atomic mass is 9.86. The molecule has 0 aliphatic heterocycles. The third-order valence-corrected chi connectivity index (χ3v) is 4.03. The standard InChI is InChI=1S/C20H22N2O/c1-20(2,3)16-9-10-17-15(11-16)12-18(22-17)19(23)21-13-14-7-5-4-6-8-14/h4-12,22H,13H2,1-3H3,(H,21,23). The Kier molecular flexibility index (Phi) is 3.95. The highest BCUT2D eigenvalue weighted by atomic mass is 16.1. The van der Waals surface area contributed by atoms with Crippen molar-refractivity contribution in [2.24, 2.45) is 0 Å². The summed E-state index contributed by atoms with van der Waals surface area (Å²) in [6.45, 7) is 7.10. The Morgan fingerprint density at radius 3 is 2.48 bits per heavy atom. The Morgan fingerprint density at radius 2 is 1.78 bits per heavy atom. The van der Waals surface area contributed by atoms with Crippen LogP contribution in [0.2, 0.25) is 0 Å². The summed E-state index contributed by atoms with van der Waals surface area (Å²) in [5, 5.41) is 4.02. The van der Waals surface area contributed by atoms with E-state index < -0.39 is 0 Å². The van der Waals surface area contributed by atoms with Crippen LogP contribution in [0.4, 0.5) is 0 Å². The number of amides is 1. The SMILES string of the molecule is CC(C)(C)c1ccc2[nH]c(C(=O)NCc3ccccc3)cc2c1. The van der Waals surface area contributed by atoms with E-state index in [0.29, 0.717) is 12.2 Å². The Hall–Kier alpha value is -2.55. The Labute approximate surface area is 136 Å². The molecule has 3 heteroatoms. The molecule has 0 saturated heterocycles. The highest BCUT2D eigenvalue weighted by Crippen LogP contribution is 2.26. The second-order valence-electron chi connectivity index (χ2n) is 6.90. The first kappa shape index (κ1) is 15.3. The summed E-state index contributed by atoms with van der Waals surface area (Å²) in [4.78, 5) is 15.5. The van der Waals surface area contributed by atoms with Crippen LogP contribution in [-0.4, -0.2) is 10.9 Å². The van der Waals surface area contributed by atoms with E-state index in [1.807, 2.05) is 42.5 Å². The van der Waals surface area contributed by atoms with Gasteiger partial charge in [0, 0.05) is 17.4 Å². The molecule has 2 N–H and O–H groups in total. The lowest BCUT2D eigenvalue weighted by molar-refractivity contribution is 0.0947. The predicted molar refractivity (Wildman–Crippen MR) is 94.6 cm³/mol. The largest absolute Gasteiger partial charge is 0.351 e. The van der Waals surface area contributed by atoms with E-state index in [1.54, 1.807) is 0 Å². The van der Waals surface area contributed by atoms with Gasteiger partial charge in [-0.15, -0.1) is 0 Å². The van der Waals surface area contributed by atoms with Crippen molar-refractivity contribution in [3.8, 4) is 0 Å². The molecule has 3 nitrogen and oxygen atoms in total. The van der Waals surface area contributed by atoms with Crippen molar-refractivity contribution in [2.45, 2.75) is 32.7 Å². The topological polar surface area (TPSA) is 44.9 Å². The van der Waals surface area contributed by atoms with Gasteiger partial charge in [-0.1, -0.05) is 57.2 Å². The smallest absolute Gasteiger partial charge is 0.267 e. The minimum absolute atomic E-state index is 0.0811. The first-order valence-corrected chi connectivity index (χ1v) is 7.89. The van der Waals surface area contributed by atoms with E-state index in [0.717, 1.165) is 16.5 Å². The lowest BCUT2D eigenvalue weighted by Crippen LogP contribution is -2.22. The minimum Gasteiger partial charge on any atom is -0.351 e. The first-order chi connectivity index (χ1) is 10.9. The van der Waals surface area contributed by atoms with E-state index in [1.165, 1.54) is 5.56 Å². The normalized spacial score (nSPS) is 11.6. The monoisotopic (exact) mass is 306 g/mol. The molecule has 23 heavy (non-hydrogen) atoms. The molecule has 0 radical (unpaired) electrons. The Morgan fingerprint density at radius 1 is 1.04 bits per heavy atom. The predicted octanol–water partition coefficient (Wildman–Crippen LogP) is 4.40. The van der Waals surface area contributed by atoms with Gasteiger partial charge in [0.1, 0.15) is 5.69 Å². The third kappa shape index (κ3) is 3.45. The first-order valence-electron chi connectivity index (χ1n) is 7.89. The van der Waals surface area contributed by atoms with Crippen LogP contribution >= 0.6 is 0 Å². The van der Waals surface area contributed by atoms with Gasteiger partial charge in [-0.2, -0.15) is 0 Å². The van der Waals surface area contributed by atoms with Crippen molar-refractivity contribution in [3.05, 3.63) is 71.4 Å². The van der Waals surface area contributed by atoms with Gasteiger partial charge in [0.2, 0.25) is 0 Å². The molecule has 118 valence electrons. The molecular formula is C20H22N2O. The summed E-state index contributed by atoms with van der Waals surface area (Å²) < 4.78 is 0. The molecule has 1 amide bonds. The fraction of sp³-hybridized carbons (Fsp3) is 0.250. The number of carbonyl (C=O) groups is 1. The highest BCUT2D eigenvalue weighted by molar-refractivity contribution is 5.98. The summed E-state index contributed by atoms with van der Waals surface area (Å²) in [5.41, 5.74) is 4.04. The van der Waals surface area contributed by atoms with Crippen molar-refractivity contribution in [3.63, 3.8) is 0 Å². The number of H-pyrrole nitrogens is 1. The van der Waals surface area contributed by atoms with E-state index in [2.05, 4.69) is 43.2 Å². The number of nitrogens with one attached hydrogen (secondary N) is 2. The van der Waals surface area contributed by atoms with Gasteiger partial charge in [-0.25, -0.2) is 0 Å². The molecule has 0 aliphatic carbocycles. The highest BCUT2D eigenvalue weighted by Gasteiger charge is 2.15. The fourth-order valence-corrected chi connectivity index (χ4v) is 2.59. The van der Waals surface area contributed by atoms with Crippen LogP contribution < -0.4 is 5.32 Å². The van der Waals surface area contributed by atoms with Gasteiger partial charge in [0.05, 0.1) is 0 Å². The maximum absolute atomic E-state index is 12.3. The van der Waals surface area contributed by atoms with Crippen LogP contribution in [0.3, 0.4) is 0 Å². The number of aromatic nitrogens is 1. The summed E-state index contributed by atoms with van der Waals surface area (Å²) in [6.07, 6.45) is 0. The second kappa shape index (κ2) is 5.92. The van der Waals surface area contributed by atoms with Gasteiger partial charge in [0.15, 0.2) is 0 Å². The van der Waals surface area contributed by atoms with Crippen molar-refractivity contribution in [1.82, 2.24) is 10.3 Å². The summed E-state index contributed by atoms with van der Waals surface area (Å²) >= 11 is 0. The number of carbonyl (C=O) groups excluding carboxylic acids is 1. The molecule has 0 fully saturated rings. The molecule has 3 aromatic rings. The van der Waals surface area contributed by atoms with Crippen molar-refractivity contribution in [1.29, 1.82) is 0 Å². The minimum atomic E-state index is -0.0811. The van der Waals surface area contributed by atoms with Gasteiger partial charge >= 0.3 is 0 Å². The molecule has 0 bridgehead atoms. The number of rotatable bonds is 3. The maximum Gasteiger partial charge on any atom is 0.267 e. The molecular weight excluding hydrogens is 284 g/mol. The molecule has 0 atom stereocenters. The number of aromatic amines is 1. The quantitative estimate of drug-likeness (QED) is 0.740. The maximum atomic E-state index is 12.3. The summed E-state index contributed by atoms with van der Waals surface area (Å²) in [6, 6.07) is 18.1. The van der Waals surface area contributed by atoms with Gasteiger partial charge in [0.25, 0.3) is 5.91 Å². The van der Waals surface area contributed by atoms with Crippen LogP contribution in [0.5, 0.6) is 0 Å². The van der Waals surface area contributed by atoms with Gasteiger partial charge < -0.3 is 10.3 Å². The van der Waals surface area contributed by atoms with E-state index in [9.17, 15) is 4.79 Å². The van der Waals surface area contributed by atoms with Crippen LogP contribution in [0.25, 0.3) is 10.9 Å². The molecule has 0 unspecified atom stereocenters. The van der Waals surface area contributed by atoms with E-state index in [-0.39, 0.29) is 11.3 Å². The Balaban J connectivity index is 1.78. The van der Waals surface area contributed by atoms with Crippen LogP contribution in [0.1, 0.15) is 42.4 Å². The summed E-state index contributed by atoms with van der Waals surface area (Å²) in [5.74, 6) is -0.0811. The number of hydrogen-bond acceptors (Lipinski definition) is 1. The number of benzene rings is 2. The van der Waals surface area contributed by atoms with Crippen molar-refractivity contribution in [2.75, 3.05) is 0 Å². The number of hydrogen-bond donors (Lipinski definition) is 2. The van der Waals surface area contributed by atoms with E-state index in [4.69, 9.17) is 0 Å². The van der Waals surface area contributed by atoms with Crippen LogP contribution in [-0.2, 0) is 12.0 Å². The molecule has 3 rings (SSSR count). The second-order valence-corrected chi connectivity index (χ2v) is 6.90. The molecule has 1 aromatic heterocycles.